The fourth-order valence-corrected chi connectivity index (χ4v) is 0.664. The van der Waals surface area contributed by atoms with E-state index in [0.29, 0.717) is 0 Å². The van der Waals surface area contributed by atoms with Crippen LogP contribution >= 0.6 is 0 Å². The van der Waals surface area contributed by atoms with Crippen molar-refractivity contribution in [3.8, 4) is 0 Å². The van der Waals surface area contributed by atoms with Crippen LogP contribution in [0, 0.1) is 13.8 Å². The summed E-state index contributed by atoms with van der Waals surface area (Å²) in [6.45, 7) is 7.41. The normalized spacial score (nSPS) is 11.8. The van der Waals surface area contributed by atoms with E-state index in [2.05, 4.69) is 38.2 Å². The van der Waals surface area contributed by atoms with Gasteiger partial charge in [0.05, 0.1) is 0 Å². The second kappa shape index (κ2) is 8.48. The Morgan fingerprint density at radius 2 is 1.10 bits per heavy atom. The summed E-state index contributed by atoms with van der Waals surface area (Å²) >= 11 is 0. The smallest absolute Gasteiger partial charge is 0.0316 e. The van der Waals surface area contributed by atoms with Crippen molar-refractivity contribution in [3.63, 3.8) is 0 Å². The molecule has 56 valence electrons. The number of allylic oxidation sites excluding steroid dienone is 4. The standard InChI is InChI=1S/C10H16/c1-3-5-7-9-10-8-6-4-2/h5-8H,1-4,9-10H2. The van der Waals surface area contributed by atoms with E-state index in [1.54, 1.807) is 0 Å². The van der Waals surface area contributed by atoms with Gasteiger partial charge in [-0.1, -0.05) is 24.3 Å². The first-order valence-corrected chi connectivity index (χ1v) is 3.80. The van der Waals surface area contributed by atoms with E-state index < -0.39 is 0 Å². The van der Waals surface area contributed by atoms with Gasteiger partial charge in [0.2, 0.25) is 0 Å². The molecule has 0 aliphatic rings. The molecule has 0 nitrogen and oxygen atoms in total. The zero-order valence-electron chi connectivity index (χ0n) is 6.55. The molecule has 0 rings (SSSR count). The summed E-state index contributed by atoms with van der Waals surface area (Å²) in [6, 6.07) is 0. The van der Waals surface area contributed by atoms with Crippen molar-refractivity contribution >= 4 is 0 Å². The third-order valence-corrected chi connectivity index (χ3v) is 1.17. The van der Waals surface area contributed by atoms with Crippen LogP contribution in [0.1, 0.15) is 25.7 Å². The van der Waals surface area contributed by atoms with Crippen LogP contribution in [0.15, 0.2) is 24.3 Å². The van der Waals surface area contributed by atoms with Gasteiger partial charge in [0.15, 0.2) is 0 Å². The molecule has 0 aliphatic carbocycles. The van der Waals surface area contributed by atoms with Gasteiger partial charge in [0, 0.05) is 0 Å². The van der Waals surface area contributed by atoms with Crippen LogP contribution in [0.2, 0.25) is 0 Å². The summed E-state index contributed by atoms with van der Waals surface area (Å²) in [7, 11) is 0. The number of hydrogen-bond donors (Lipinski definition) is 0. The van der Waals surface area contributed by atoms with Gasteiger partial charge in [-0.05, 0) is 39.5 Å². The van der Waals surface area contributed by atoms with Crippen molar-refractivity contribution in [1.82, 2.24) is 0 Å². The maximum Gasteiger partial charge on any atom is -0.0316 e. The van der Waals surface area contributed by atoms with Crippen LogP contribution in [0.4, 0.5) is 0 Å². The molecule has 0 aromatic rings. The summed E-state index contributed by atoms with van der Waals surface area (Å²) in [5.74, 6) is 0. The van der Waals surface area contributed by atoms with E-state index in [0.717, 1.165) is 25.7 Å². The van der Waals surface area contributed by atoms with Crippen LogP contribution < -0.4 is 0 Å². The lowest BCUT2D eigenvalue weighted by atomic mass is 10.2. The quantitative estimate of drug-likeness (QED) is 0.401. The van der Waals surface area contributed by atoms with Crippen molar-refractivity contribution < 1.29 is 0 Å². The molecule has 0 unspecified atom stereocenters. The molecule has 0 aliphatic heterocycles. The third kappa shape index (κ3) is 7.48. The van der Waals surface area contributed by atoms with Crippen LogP contribution in [0.5, 0.6) is 0 Å². The van der Waals surface area contributed by atoms with Crippen LogP contribution in [-0.4, -0.2) is 0 Å². The Morgan fingerprint density at radius 3 is 1.40 bits per heavy atom. The van der Waals surface area contributed by atoms with Crippen LogP contribution in [0.25, 0.3) is 0 Å². The van der Waals surface area contributed by atoms with E-state index in [1.165, 1.54) is 0 Å². The molecular formula is C10H16. The van der Waals surface area contributed by atoms with Gasteiger partial charge in [0.1, 0.15) is 0 Å². The molecule has 0 fully saturated rings. The predicted molar refractivity (Wildman–Crippen MR) is 47.5 cm³/mol. The van der Waals surface area contributed by atoms with Gasteiger partial charge in [0.25, 0.3) is 0 Å². The zero-order chi connectivity index (χ0) is 7.66. The van der Waals surface area contributed by atoms with Crippen molar-refractivity contribution in [1.29, 1.82) is 0 Å². The molecule has 0 saturated heterocycles. The van der Waals surface area contributed by atoms with Crippen molar-refractivity contribution in [2.24, 2.45) is 0 Å². The maximum absolute atomic E-state index is 3.70. The lowest BCUT2D eigenvalue weighted by molar-refractivity contribution is 1.04. The van der Waals surface area contributed by atoms with Gasteiger partial charge >= 0.3 is 0 Å². The maximum atomic E-state index is 3.70. The molecule has 2 radical (unpaired) electrons. The molecule has 0 heteroatoms. The van der Waals surface area contributed by atoms with E-state index in [4.69, 9.17) is 0 Å². The monoisotopic (exact) mass is 136 g/mol. The molecular weight excluding hydrogens is 120 g/mol. The third-order valence-electron chi connectivity index (χ3n) is 1.17. The van der Waals surface area contributed by atoms with Gasteiger partial charge in [-0.2, -0.15) is 0 Å². The summed E-state index contributed by atoms with van der Waals surface area (Å²) in [4.78, 5) is 0. The van der Waals surface area contributed by atoms with E-state index >= 15 is 0 Å². The van der Waals surface area contributed by atoms with Gasteiger partial charge < -0.3 is 0 Å². The molecule has 10 heavy (non-hydrogen) atoms. The van der Waals surface area contributed by atoms with Gasteiger partial charge in [-0.3, -0.25) is 0 Å². The summed E-state index contributed by atoms with van der Waals surface area (Å²) in [5.41, 5.74) is 0. The van der Waals surface area contributed by atoms with E-state index in [9.17, 15) is 0 Å². The fourth-order valence-electron chi connectivity index (χ4n) is 0.664. The van der Waals surface area contributed by atoms with Crippen LogP contribution in [-0.2, 0) is 0 Å². The van der Waals surface area contributed by atoms with Gasteiger partial charge in [-0.15, -0.1) is 0 Å². The Morgan fingerprint density at radius 1 is 0.700 bits per heavy atom. The topological polar surface area (TPSA) is 0 Å². The lowest BCUT2D eigenvalue weighted by Gasteiger charge is -1.84. The lowest BCUT2D eigenvalue weighted by Crippen LogP contribution is -1.64. The summed E-state index contributed by atoms with van der Waals surface area (Å²) < 4.78 is 0. The minimum Gasteiger partial charge on any atom is -0.0885 e. The highest BCUT2D eigenvalue weighted by molar-refractivity contribution is 4.88. The minimum atomic E-state index is 0.902. The van der Waals surface area contributed by atoms with Gasteiger partial charge in [-0.25, -0.2) is 0 Å². The summed E-state index contributed by atoms with van der Waals surface area (Å²) in [6.07, 6.45) is 12.6. The Labute approximate surface area is 64.6 Å². The molecule has 0 atom stereocenters. The summed E-state index contributed by atoms with van der Waals surface area (Å²) in [5, 5.41) is 0. The average molecular weight is 136 g/mol. The first kappa shape index (κ1) is 9.48. The second-order valence-corrected chi connectivity index (χ2v) is 2.10. The molecule has 0 N–H and O–H groups in total. The highest BCUT2D eigenvalue weighted by Crippen LogP contribution is 1.94. The van der Waals surface area contributed by atoms with Crippen molar-refractivity contribution in [2.75, 3.05) is 0 Å². The SMILES string of the molecule is [CH2]CC=CCCC=CC[CH2]. The van der Waals surface area contributed by atoms with E-state index in [1.807, 2.05) is 0 Å². The molecule has 0 bridgehead atoms. The molecule has 0 heterocycles. The molecule has 0 spiro atoms. The Bertz CT molecular complexity index is 84.6. The first-order chi connectivity index (χ1) is 4.91. The molecule has 0 aromatic heterocycles. The minimum absolute atomic E-state index is 0.902. The van der Waals surface area contributed by atoms with Crippen molar-refractivity contribution in [2.45, 2.75) is 25.7 Å². The Hall–Kier alpha value is -0.520. The number of rotatable bonds is 5. The predicted octanol–water partition coefficient (Wildman–Crippen LogP) is 3.33. The van der Waals surface area contributed by atoms with Crippen molar-refractivity contribution in [3.05, 3.63) is 38.2 Å². The molecule has 0 amide bonds. The number of unbranched alkanes of at least 4 members (excludes halogenated alkanes) is 1. The first-order valence-electron chi connectivity index (χ1n) is 3.80. The Balaban J connectivity index is 3.04. The average Bonchev–Trinajstić information content (AvgIpc) is 1.97. The number of hydrogen-bond acceptors (Lipinski definition) is 0. The highest BCUT2D eigenvalue weighted by Gasteiger charge is 1.74. The largest absolute Gasteiger partial charge is 0.0885 e. The Kier molecular flexibility index (Phi) is 8.04. The van der Waals surface area contributed by atoms with E-state index in [-0.39, 0.29) is 0 Å². The second-order valence-electron chi connectivity index (χ2n) is 2.10. The zero-order valence-corrected chi connectivity index (χ0v) is 6.55. The molecule has 0 aromatic carbocycles. The highest BCUT2D eigenvalue weighted by atomic mass is 13.8. The molecule has 0 saturated carbocycles. The fraction of sp³-hybridized carbons (Fsp3) is 0.400. The van der Waals surface area contributed by atoms with Crippen LogP contribution in [0.3, 0.4) is 0 Å².